The molecule has 5 nitrogen and oxygen atoms in total. The lowest BCUT2D eigenvalue weighted by Gasteiger charge is -2.26. The van der Waals surface area contributed by atoms with Crippen molar-refractivity contribution in [2.24, 2.45) is 0 Å². The molecule has 2 heterocycles. The van der Waals surface area contributed by atoms with Gasteiger partial charge in [-0.25, -0.2) is 0 Å². The first-order valence-corrected chi connectivity index (χ1v) is 8.83. The molecular weight excluding hydrogens is 314 g/mol. The summed E-state index contributed by atoms with van der Waals surface area (Å²) in [4.78, 5) is 31.0. The molecule has 1 aromatic carbocycles. The van der Waals surface area contributed by atoms with Crippen molar-refractivity contribution >= 4 is 17.5 Å². The second kappa shape index (κ2) is 7.92. The highest BCUT2D eigenvalue weighted by Crippen LogP contribution is 2.15. The maximum Gasteiger partial charge on any atom is 0.272 e. The molecule has 0 atom stereocenters. The van der Waals surface area contributed by atoms with Crippen LogP contribution in [0.25, 0.3) is 0 Å². The Bertz CT molecular complexity index is 750. The molecule has 0 aliphatic carbocycles. The number of anilines is 1. The molecule has 0 saturated carbocycles. The molecule has 0 unspecified atom stereocenters. The monoisotopic (exact) mass is 337 g/mol. The van der Waals surface area contributed by atoms with E-state index in [4.69, 9.17) is 0 Å². The molecule has 2 aromatic rings. The third-order valence-corrected chi connectivity index (χ3v) is 4.50. The molecule has 0 radical (unpaired) electrons. The number of rotatable bonds is 4. The molecule has 130 valence electrons. The molecule has 25 heavy (non-hydrogen) atoms. The Morgan fingerprint density at radius 1 is 1.08 bits per heavy atom. The molecule has 2 amide bonds. The standard InChI is InChI=1S/C20H23N3O2/c1-2-15-6-8-17(9-7-15)22-19(24)16-10-11-21-18(14-16)20(25)23-12-4-3-5-13-23/h6-11,14H,2-5,12-13H2,1H3,(H,22,24). The summed E-state index contributed by atoms with van der Waals surface area (Å²) in [6, 6.07) is 11.0. The summed E-state index contributed by atoms with van der Waals surface area (Å²) in [6.07, 6.45) is 5.70. The first kappa shape index (κ1) is 17.1. The van der Waals surface area contributed by atoms with Crippen molar-refractivity contribution in [1.29, 1.82) is 0 Å². The van der Waals surface area contributed by atoms with E-state index in [2.05, 4.69) is 17.2 Å². The number of hydrogen-bond donors (Lipinski definition) is 1. The van der Waals surface area contributed by atoms with E-state index in [0.717, 1.165) is 44.5 Å². The number of piperidine rings is 1. The van der Waals surface area contributed by atoms with Crippen LogP contribution in [0.3, 0.4) is 0 Å². The largest absolute Gasteiger partial charge is 0.337 e. The van der Waals surface area contributed by atoms with E-state index < -0.39 is 0 Å². The summed E-state index contributed by atoms with van der Waals surface area (Å²) >= 11 is 0. The average molecular weight is 337 g/mol. The SMILES string of the molecule is CCc1ccc(NC(=O)c2ccnc(C(=O)N3CCCCC3)c2)cc1. The Balaban J connectivity index is 1.71. The van der Waals surface area contributed by atoms with Crippen molar-refractivity contribution in [1.82, 2.24) is 9.88 Å². The van der Waals surface area contributed by atoms with Gasteiger partial charge in [-0.15, -0.1) is 0 Å². The maximum atomic E-state index is 12.5. The Hall–Kier alpha value is -2.69. The number of nitrogens with one attached hydrogen (secondary N) is 1. The van der Waals surface area contributed by atoms with Crippen molar-refractivity contribution in [2.75, 3.05) is 18.4 Å². The Morgan fingerprint density at radius 3 is 2.48 bits per heavy atom. The van der Waals surface area contributed by atoms with Gasteiger partial charge < -0.3 is 10.2 Å². The van der Waals surface area contributed by atoms with E-state index in [-0.39, 0.29) is 11.8 Å². The molecule has 0 spiro atoms. The topological polar surface area (TPSA) is 62.3 Å². The molecule has 1 fully saturated rings. The first-order chi connectivity index (χ1) is 12.2. The third-order valence-electron chi connectivity index (χ3n) is 4.50. The van der Waals surface area contributed by atoms with Crippen LogP contribution >= 0.6 is 0 Å². The summed E-state index contributed by atoms with van der Waals surface area (Å²) in [5.41, 5.74) is 2.73. The Morgan fingerprint density at radius 2 is 1.80 bits per heavy atom. The zero-order valence-corrected chi connectivity index (χ0v) is 14.5. The molecule has 1 aliphatic rings. The van der Waals surface area contributed by atoms with E-state index in [9.17, 15) is 9.59 Å². The van der Waals surface area contributed by atoms with Gasteiger partial charge in [0.2, 0.25) is 0 Å². The summed E-state index contributed by atoms with van der Waals surface area (Å²) in [7, 11) is 0. The van der Waals surface area contributed by atoms with Crippen molar-refractivity contribution in [3.63, 3.8) is 0 Å². The second-order valence-electron chi connectivity index (χ2n) is 6.29. The summed E-state index contributed by atoms with van der Waals surface area (Å²) < 4.78 is 0. The quantitative estimate of drug-likeness (QED) is 0.928. The minimum Gasteiger partial charge on any atom is -0.337 e. The normalized spacial score (nSPS) is 14.2. The molecule has 3 rings (SSSR count). The first-order valence-electron chi connectivity index (χ1n) is 8.83. The highest BCUT2D eigenvalue weighted by Gasteiger charge is 2.20. The van der Waals surface area contributed by atoms with Crippen LogP contribution in [0.1, 0.15) is 52.6 Å². The van der Waals surface area contributed by atoms with Gasteiger partial charge in [0.1, 0.15) is 5.69 Å². The fourth-order valence-electron chi connectivity index (χ4n) is 2.97. The summed E-state index contributed by atoms with van der Waals surface area (Å²) in [6.45, 7) is 3.62. The van der Waals surface area contributed by atoms with Crippen molar-refractivity contribution < 1.29 is 9.59 Å². The smallest absolute Gasteiger partial charge is 0.272 e. The number of hydrogen-bond acceptors (Lipinski definition) is 3. The molecule has 1 aromatic heterocycles. The number of pyridine rings is 1. The van der Waals surface area contributed by atoms with E-state index in [0.29, 0.717) is 11.3 Å². The number of likely N-dealkylation sites (tertiary alicyclic amines) is 1. The van der Waals surface area contributed by atoms with Gasteiger partial charge in [0, 0.05) is 30.5 Å². The van der Waals surface area contributed by atoms with Crippen molar-refractivity contribution in [3.8, 4) is 0 Å². The lowest BCUT2D eigenvalue weighted by atomic mass is 10.1. The highest BCUT2D eigenvalue weighted by atomic mass is 16.2. The van der Waals surface area contributed by atoms with Gasteiger partial charge >= 0.3 is 0 Å². The molecule has 0 bridgehead atoms. The van der Waals surface area contributed by atoms with Crippen LogP contribution in [0.15, 0.2) is 42.6 Å². The summed E-state index contributed by atoms with van der Waals surface area (Å²) in [5.74, 6) is -0.332. The second-order valence-corrected chi connectivity index (χ2v) is 6.29. The highest BCUT2D eigenvalue weighted by molar-refractivity contribution is 6.05. The van der Waals surface area contributed by atoms with E-state index in [1.165, 1.54) is 11.8 Å². The third kappa shape index (κ3) is 4.24. The number of benzene rings is 1. The predicted molar refractivity (Wildman–Crippen MR) is 97.8 cm³/mol. The molecule has 1 N–H and O–H groups in total. The number of carbonyl (C=O) groups is 2. The average Bonchev–Trinajstić information content (AvgIpc) is 2.68. The molecule has 1 aliphatic heterocycles. The number of aromatic nitrogens is 1. The zero-order chi connectivity index (χ0) is 17.6. The maximum absolute atomic E-state index is 12.5. The minimum atomic E-state index is -0.237. The molecule has 5 heteroatoms. The molecular formula is C20H23N3O2. The van der Waals surface area contributed by atoms with Crippen LogP contribution in [0.4, 0.5) is 5.69 Å². The van der Waals surface area contributed by atoms with Crippen LogP contribution in [0, 0.1) is 0 Å². The van der Waals surface area contributed by atoms with Gasteiger partial charge in [0.15, 0.2) is 0 Å². The van der Waals surface area contributed by atoms with Crippen LogP contribution < -0.4 is 5.32 Å². The number of aryl methyl sites for hydroxylation is 1. The van der Waals surface area contributed by atoms with Crippen molar-refractivity contribution in [3.05, 3.63) is 59.4 Å². The van der Waals surface area contributed by atoms with Crippen molar-refractivity contribution in [2.45, 2.75) is 32.6 Å². The van der Waals surface area contributed by atoms with Gasteiger partial charge in [0.25, 0.3) is 11.8 Å². The fraction of sp³-hybridized carbons (Fsp3) is 0.350. The van der Waals surface area contributed by atoms with E-state index >= 15 is 0 Å². The Labute approximate surface area is 148 Å². The van der Waals surface area contributed by atoms with Gasteiger partial charge in [-0.3, -0.25) is 14.6 Å². The fourth-order valence-corrected chi connectivity index (χ4v) is 2.97. The number of nitrogens with zero attached hydrogens (tertiary/aromatic N) is 2. The number of carbonyl (C=O) groups excluding carboxylic acids is 2. The van der Waals surface area contributed by atoms with E-state index in [1.807, 2.05) is 29.2 Å². The van der Waals surface area contributed by atoms with Crippen LogP contribution in [-0.4, -0.2) is 34.8 Å². The van der Waals surface area contributed by atoms with E-state index in [1.54, 1.807) is 12.1 Å². The molecule has 1 saturated heterocycles. The van der Waals surface area contributed by atoms with Gasteiger partial charge in [-0.1, -0.05) is 19.1 Å². The lowest BCUT2D eigenvalue weighted by Crippen LogP contribution is -2.36. The van der Waals surface area contributed by atoms with Crippen LogP contribution in [-0.2, 0) is 6.42 Å². The Kier molecular flexibility index (Phi) is 5.43. The zero-order valence-electron chi connectivity index (χ0n) is 14.5. The number of amides is 2. The van der Waals surface area contributed by atoms with Crippen LogP contribution in [0.2, 0.25) is 0 Å². The van der Waals surface area contributed by atoms with Gasteiger partial charge in [-0.2, -0.15) is 0 Å². The summed E-state index contributed by atoms with van der Waals surface area (Å²) in [5, 5.41) is 2.86. The van der Waals surface area contributed by atoms with Crippen LogP contribution in [0.5, 0.6) is 0 Å². The lowest BCUT2D eigenvalue weighted by molar-refractivity contribution is 0.0718. The van der Waals surface area contributed by atoms with Gasteiger partial charge in [0.05, 0.1) is 0 Å². The minimum absolute atomic E-state index is 0.0957. The predicted octanol–water partition coefficient (Wildman–Crippen LogP) is 3.52. The van der Waals surface area contributed by atoms with Gasteiger partial charge in [-0.05, 0) is 55.5 Å².